The third-order valence-corrected chi connectivity index (χ3v) is 4.58. The van der Waals surface area contributed by atoms with Crippen molar-refractivity contribution in [3.05, 3.63) is 47.7 Å². The summed E-state index contributed by atoms with van der Waals surface area (Å²) >= 11 is 0. The van der Waals surface area contributed by atoms with Gasteiger partial charge in [-0.1, -0.05) is 30.3 Å². The highest BCUT2D eigenvalue weighted by Crippen LogP contribution is 2.32. The average Bonchev–Trinajstić information content (AvgIpc) is 3.13. The minimum absolute atomic E-state index is 0.00787. The van der Waals surface area contributed by atoms with Crippen LogP contribution in [0, 0.1) is 0 Å². The van der Waals surface area contributed by atoms with Crippen molar-refractivity contribution in [2.24, 2.45) is 0 Å². The summed E-state index contributed by atoms with van der Waals surface area (Å²) in [6.07, 6.45) is -1.46. The zero-order chi connectivity index (χ0) is 18.6. The fourth-order valence-electron chi connectivity index (χ4n) is 3.14. The molecule has 0 aliphatic carbocycles. The number of aromatic nitrogens is 2. The fraction of sp³-hybridized carbons (Fsp3) is 0.500. The number of carbonyl (C=O) groups excluding carboxylic acids is 1. The van der Waals surface area contributed by atoms with E-state index in [1.54, 1.807) is 4.90 Å². The molecule has 1 aromatic heterocycles. The average molecular weight is 367 g/mol. The highest BCUT2D eigenvalue weighted by molar-refractivity contribution is 5.76. The second-order valence-electron chi connectivity index (χ2n) is 6.44. The smallest absolute Gasteiger partial charge is 0.417 e. The maximum absolute atomic E-state index is 12.5. The van der Waals surface area contributed by atoms with Gasteiger partial charge in [-0.15, -0.1) is 10.2 Å². The maximum Gasteiger partial charge on any atom is 0.470 e. The molecule has 5 nitrogen and oxygen atoms in total. The van der Waals surface area contributed by atoms with Crippen LogP contribution in [0.3, 0.4) is 0 Å². The number of hydrogen-bond acceptors (Lipinski definition) is 4. The molecule has 0 radical (unpaired) electrons. The number of rotatable bonds is 5. The number of piperidine rings is 1. The van der Waals surface area contributed by atoms with Gasteiger partial charge in [0.15, 0.2) is 0 Å². The van der Waals surface area contributed by atoms with Gasteiger partial charge >= 0.3 is 12.1 Å². The van der Waals surface area contributed by atoms with E-state index in [0.717, 1.165) is 12.8 Å². The van der Waals surface area contributed by atoms with Crippen LogP contribution in [0.4, 0.5) is 13.2 Å². The zero-order valence-corrected chi connectivity index (χ0v) is 14.2. The van der Waals surface area contributed by atoms with Gasteiger partial charge in [-0.25, -0.2) is 0 Å². The normalized spacial score (nSPS) is 16.0. The van der Waals surface area contributed by atoms with Crippen molar-refractivity contribution in [3.8, 4) is 0 Å². The molecule has 1 aromatic carbocycles. The van der Waals surface area contributed by atoms with Crippen molar-refractivity contribution < 1.29 is 22.4 Å². The third kappa shape index (κ3) is 4.62. The summed E-state index contributed by atoms with van der Waals surface area (Å²) in [5.74, 6) is -1.45. The van der Waals surface area contributed by atoms with Crippen molar-refractivity contribution in [2.45, 2.75) is 44.2 Å². The predicted octanol–water partition coefficient (Wildman–Crippen LogP) is 3.82. The van der Waals surface area contributed by atoms with E-state index in [4.69, 9.17) is 4.42 Å². The van der Waals surface area contributed by atoms with E-state index in [-0.39, 0.29) is 17.7 Å². The van der Waals surface area contributed by atoms with Crippen LogP contribution >= 0.6 is 0 Å². The Morgan fingerprint density at radius 2 is 1.85 bits per heavy atom. The number of halogens is 3. The highest BCUT2D eigenvalue weighted by atomic mass is 19.4. The molecular weight excluding hydrogens is 347 g/mol. The first-order valence-electron chi connectivity index (χ1n) is 8.66. The Labute approximate surface area is 149 Å². The largest absolute Gasteiger partial charge is 0.470 e. The summed E-state index contributed by atoms with van der Waals surface area (Å²) in [7, 11) is 0. The van der Waals surface area contributed by atoms with Gasteiger partial charge in [0.1, 0.15) is 0 Å². The predicted molar refractivity (Wildman–Crippen MR) is 87.2 cm³/mol. The van der Waals surface area contributed by atoms with Crippen LogP contribution in [-0.4, -0.2) is 34.1 Å². The molecule has 2 heterocycles. The summed E-state index contributed by atoms with van der Waals surface area (Å²) < 4.78 is 42.3. The van der Waals surface area contributed by atoms with Crippen molar-refractivity contribution in [3.63, 3.8) is 0 Å². The van der Waals surface area contributed by atoms with Gasteiger partial charge in [-0.2, -0.15) is 13.2 Å². The lowest BCUT2D eigenvalue weighted by atomic mass is 9.96. The molecule has 0 spiro atoms. The number of hydrogen-bond donors (Lipinski definition) is 0. The lowest BCUT2D eigenvalue weighted by Gasteiger charge is -2.30. The fourth-order valence-corrected chi connectivity index (χ4v) is 3.14. The SMILES string of the molecule is O=C(CCCc1ccccc1)N1CCC(c2nnc(C(F)(F)F)o2)CC1. The van der Waals surface area contributed by atoms with E-state index in [1.807, 2.05) is 30.3 Å². The van der Waals surface area contributed by atoms with Crippen molar-refractivity contribution in [1.29, 1.82) is 0 Å². The van der Waals surface area contributed by atoms with Gasteiger partial charge in [0, 0.05) is 25.4 Å². The second kappa shape index (κ2) is 7.88. The molecule has 26 heavy (non-hydrogen) atoms. The van der Waals surface area contributed by atoms with E-state index in [0.29, 0.717) is 32.4 Å². The number of nitrogens with zero attached hydrogens (tertiary/aromatic N) is 3. The Balaban J connectivity index is 1.44. The van der Waals surface area contributed by atoms with Gasteiger partial charge in [0.2, 0.25) is 11.8 Å². The zero-order valence-electron chi connectivity index (χ0n) is 14.2. The molecule has 1 aliphatic heterocycles. The van der Waals surface area contributed by atoms with Crippen LogP contribution in [0.1, 0.15) is 48.9 Å². The van der Waals surface area contributed by atoms with Crippen LogP contribution in [0.25, 0.3) is 0 Å². The molecule has 0 atom stereocenters. The van der Waals surface area contributed by atoms with Crippen molar-refractivity contribution >= 4 is 5.91 Å². The molecular formula is C18H20F3N3O2. The van der Waals surface area contributed by atoms with Gasteiger partial charge in [-0.05, 0) is 31.2 Å². The molecule has 8 heteroatoms. The topological polar surface area (TPSA) is 59.2 Å². The van der Waals surface area contributed by atoms with Gasteiger partial charge in [0.25, 0.3) is 0 Å². The number of aryl methyl sites for hydroxylation is 1. The summed E-state index contributed by atoms with van der Waals surface area (Å²) in [6, 6.07) is 9.98. The number of carbonyl (C=O) groups is 1. The number of benzene rings is 1. The molecule has 140 valence electrons. The molecule has 0 N–H and O–H groups in total. The maximum atomic E-state index is 12.5. The van der Waals surface area contributed by atoms with Crippen LogP contribution < -0.4 is 0 Å². The third-order valence-electron chi connectivity index (χ3n) is 4.58. The van der Waals surface area contributed by atoms with Crippen molar-refractivity contribution in [1.82, 2.24) is 15.1 Å². The lowest BCUT2D eigenvalue weighted by Crippen LogP contribution is -2.37. The lowest BCUT2D eigenvalue weighted by molar-refractivity contribution is -0.157. The molecule has 1 amide bonds. The minimum atomic E-state index is -4.62. The second-order valence-corrected chi connectivity index (χ2v) is 6.44. The van der Waals surface area contributed by atoms with Crippen LogP contribution in [0.5, 0.6) is 0 Å². The standard InChI is InChI=1S/C18H20F3N3O2/c19-18(20,21)17-23-22-16(26-17)14-9-11-24(12-10-14)15(25)8-4-7-13-5-2-1-3-6-13/h1-3,5-6,14H,4,7-12H2. The molecule has 3 rings (SSSR count). The molecule has 0 unspecified atom stereocenters. The molecule has 2 aromatic rings. The Hall–Kier alpha value is -2.38. The first kappa shape index (κ1) is 18.4. The number of likely N-dealkylation sites (tertiary alicyclic amines) is 1. The van der Waals surface area contributed by atoms with Crippen LogP contribution in [0.15, 0.2) is 34.7 Å². The molecule has 0 bridgehead atoms. The Morgan fingerprint density at radius 1 is 1.15 bits per heavy atom. The minimum Gasteiger partial charge on any atom is -0.417 e. The van der Waals surface area contributed by atoms with Crippen LogP contribution in [-0.2, 0) is 17.4 Å². The van der Waals surface area contributed by atoms with E-state index in [2.05, 4.69) is 10.2 Å². The van der Waals surface area contributed by atoms with E-state index < -0.39 is 12.1 Å². The highest BCUT2D eigenvalue weighted by Gasteiger charge is 2.39. The van der Waals surface area contributed by atoms with E-state index in [9.17, 15) is 18.0 Å². The summed E-state index contributed by atoms with van der Waals surface area (Å²) in [5.41, 5.74) is 1.20. The quantitative estimate of drug-likeness (QED) is 0.806. The van der Waals surface area contributed by atoms with Gasteiger partial charge < -0.3 is 9.32 Å². The van der Waals surface area contributed by atoms with E-state index >= 15 is 0 Å². The first-order valence-corrected chi connectivity index (χ1v) is 8.66. The number of alkyl halides is 3. The summed E-state index contributed by atoms with van der Waals surface area (Å²) in [6.45, 7) is 0.997. The van der Waals surface area contributed by atoms with E-state index in [1.165, 1.54) is 5.56 Å². The van der Waals surface area contributed by atoms with Gasteiger partial charge in [-0.3, -0.25) is 4.79 Å². The van der Waals surface area contributed by atoms with Gasteiger partial charge in [0.05, 0.1) is 0 Å². The number of amides is 1. The van der Waals surface area contributed by atoms with Crippen molar-refractivity contribution in [2.75, 3.05) is 13.1 Å². The Bertz CT molecular complexity index is 723. The summed E-state index contributed by atoms with van der Waals surface area (Å²) in [4.78, 5) is 14.1. The Morgan fingerprint density at radius 3 is 2.46 bits per heavy atom. The molecule has 1 fully saturated rings. The molecule has 1 aliphatic rings. The summed E-state index contributed by atoms with van der Waals surface area (Å²) in [5, 5.41) is 6.58. The molecule has 0 saturated carbocycles. The monoisotopic (exact) mass is 367 g/mol. The first-order chi connectivity index (χ1) is 12.4. The Kier molecular flexibility index (Phi) is 5.58. The molecule has 1 saturated heterocycles. The van der Waals surface area contributed by atoms with Crippen LogP contribution in [0.2, 0.25) is 0 Å².